The third-order valence-corrected chi connectivity index (χ3v) is 2.92. The Morgan fingerprint density at radius 1 is 1.40 bits per heavy atom. The van der Waals surface area contributed by atoms with Crippen LogP contribution in [0.2, 0.25) is 0 Å². The molecule has 5 heteroatoms. The highest BCUT2D eigenvalue weighted by Gasteiger charge is 2.19. The molecule has 2 amide bonds. The van der Waals surface area contributed by atoms with Crippen molar-refractivity contribution >= 4 is 11.7 Å². The average molecular weight is 280 g/mol. The summed E-state index contributed by atoms with van der Waals surface area (Å²) in [5.41, 5.74) is 1.24. The topological polar surface area (TPSA) is 70.6 Å². The molecule has 0 unspecified atom stereocenters. The second-order valence-corrected chi connectivity index (χ2v) is 5.35. The molecule has 0 aliphatic rings. The lowest BCUT2D eigenvalue weighted by molar-refractivity contribution is 0.218. The molecule has 0 aliphatic heterocycles. The fourth-order valence-corrected chi connectivity index (χ4v) is 1.86. The predicted octanol–water partition coefficient (Wildman–Crippen LogP) is 2.68. The zero-order valence-corrected chi connectivity index (χ0v) is 12.6. The maximum absolute atomic E-state index is 11.9. The third-order valence-electron chi connectivity index (χ3n) is 2.92. The minimum absolute atomic E-state index is 0.0371. The molecular weight excluding hydrogens is 256 g/mol. The summed E-state index contributed by atoms with van der Waals surface area (Å²) >= 11 is 0. The number of aliphatic hydroxyl groups is 1. The van der Waals surface area contributed by atoms with Crippen molar-refractivity contribution < 1.29 is 14.6 Å². The summed E-state index contributed by atoms with van der Waals surface area (Å²) in [4.78, 5) is 11.9. The molecule has 0 aliphatic carbocycles. The van der Waals surface area contributed by atoms with Crippen molar-refractivity contribution in [2.45, 2.75) is 39.7 Å². The predicted molar refractivity (Wildman–Crippen MR) is 80.3 cm³/mol. The van der Waals surface area contributed by atoms with Crippen molar-refractivity contribution in [3.63, 3.8) is 0 Å². The van der Waals surface area contributed by atoms with E-state index in [4.69, 9.17) is 9.84 Å². The fraction of sp³-hybridized carbons (Fsp3) is 0.533. The van der Waals surface area contributed by atoms with Gasteiger partial charge in [-0.3, -0.25) is 0 Å². The second-order valence-electron chi connectivity index (χ2n) is 5.35. The first-order chi connectivity index (χ1) is 9.38. The molecule has 0 bridgehead atoms. The molecule has 1 rings (SSSR count). The van der Waals surface area contributed by atoms with Crippen LogP contribution in [0.3, 0.4) is 0 Å². The molecule has 5 nitrogen and oxygen atoms in total. The maximum atomic E-state index is 11.9. The highest BCUT2D eigenvalue weighted by Crippen LogP contribution is 2.22. The van der Waals surface area contributed by atoms with Gasteiger partial charge in [-0.05, 0) is 57.9 Å². The van der Waals surface area contributed by atoms with Crippen LogP contribution in [-0.4, -0.2) is 29.9 Å². The molecule has 20 heavy (non-hydrogen) atoms. The van der Waals surface area contributed by atoms with Crippen LogP contribution in [-0.2, 0) is 0 Å². The molecule has 1 aromatic carbocycles. The number of ether oxygens (including phenoxy) is 1. The number of rotatable bonds is 6. The molecular formula is C15H24N2O3. The van der Waals surface area contributed by atoms with E-state index in [9.17, 15) is 4.79 Å². The van der Waals surface area contributed by atoms with Crippen LogP contribution < -0.4 is 15.4 Å². The second kappa shape index (κ2) is 7.14. The van der Waals surface area contributed by atoms with Gasteiger partial charge in [0.1, 0.15) is 5.75 Å². The van der Waals surface area contributed by atoms with Gasteiger partial charge < -0.3 is 20.5 Å². The minimum Gasteiger partial charge on any atom is -0.494 e. The van der Waals surface area contributed by atoms with E-state index in [2.05, 4.69) is 10.6 Å². The van der Waals surface area contributed by atoms with Gasteiger partial charge in [-0.25, -0.2) is 4.79 Å². The molecule has 1 aromatic rings. The molecule has 0 saturated carbocycles. The standard InChI is InChI=1S/C15H24N2O3/c1-5-20-13-7-6-12(10-11(13)2)16-14(19)17-15(3,4)8-9-18/h6-7,10,18H,5,8-9H2,1-4H3,(H2,16,17,19). The fourth-order valence-electron chi connectivity index (χ4n) is 1.86. The normalized spacial score (nSPS) is 11.1. The summed E-state index contributed by atoms with van der Waals surface area (Å²) in [7, 11) is 0. The van der Waals surface area contributed by atoms with Crippen molar-refractivity contribution in [2.75, 3.05) is 18.5 Å². The Morgan fingerprint density at radius 2 is 2.10 bits per heavy atom. The summed E-state index contributed by atoms with van der Waals surface area (Å²) in [5.74, 6) is 0.819. The number of carbonyl (C=O) groups excluding carboxylic acids is 1. The molecule has 0 heterocycles. The number of nitrogens with one attached hydrogen (secondary N) is 2. The van der Waals surface area contributed by atoms with Gasteiger partial charge in [-0.15, -0.1) is 0 Å². The smallest absolute Gasteiger partial charge is 0.319 e. The van der Waals surface area contributed by atoms with Gasteiger partial charge in [0.2, 0.25) is 0 Å². The number of benzene rings is 1. The van der Waals surface area contributed by atoms with E-state index in [-0.39, 0.29) is 12.6 Å². The zero-order valence-electron chi connectivity index (χ0n) is 12.6. The first-order valence-corrected chi connectivity index (χ1v) is 6.81. The van der Waals surface area contributed by atoms with Crippen LogP contribution >= 0.6 is 0 Å². The zero-order chi connectivity index (χ0) is 15.2. The number of aliphatic hydroxyl groups excluding tert-OH is 1. The Balaban J connectivity index is 2.64. The molecule has 0 radical (unpaired) electrons. The largest absolute Gasteiger partial charge is 0.494 e. The number of hydrogen-bond donors (Lipinski definition) is 3. The van der Waals surface area contributed by atoms with E-state index >= 15 is 0 Å². The van der Waals surface area contributed by atoms with Gasteiger partial charge in [-0.2, -0.15) is 0 Å². The highest BCUT2D eigenvalue weighted by molar-refractivity contribution is 5.89. The number of amides is 2. The van der Waals surface area contributed by atoms with E-state index in [1.54, 1.807) is 6.07 Å². The summed E-state index contributed by atoms with van der Waals surface area (Å²) < 4.78 is 5.45. The summed E-state index contributed by atoms with van der Waals surface area (Å²) in [6.07, 6.45) is 0.503. The Hall–Kier alpha value is -1.75. The number of aryl methyl sites for hydroxylation is 1. The van der Waals surface area contributed by atoms with Gasteiger partial charge in [0.05, 0.1) is 6.61 Å². The summed E-state index contributed by atoms with van der Waals surface area (Å²) in [6, 6.07) is 5.22. The summed E-state index contributed by atoms with van der Waals surface area (Å²) in [6.45, 7) is 8.25. The Morgan fingerprint density at radius 3 is 2.65 bits per heavy atom. The van der Waals surface area contributed by atoms with E-state index in [0.717, 1.165) is 11.3 Å². The number of urea groups is 1. The van der Waals surface area contributed by atoms with Gasteiger partial charge >= 0.3 is 6.03 Å². The van der Waals surface area contributed by atoms with Gasteiger partial charge in [-0.1, -0.05) is 0 Å². The monoisotopic (exact) mass is 280 g/mol. The molecule has 0 saturated heterocycles. The quantitative estimate of drug-likeness (QED) is 0.750. The van der Waals surface area contributed by atoms with E-state index in [0.29, 0.717) is 18.7 Å². The SMILES string of the molecule is CCOc1ccc(NC(=O)NC(C)(C)CCO)cc1C. The first-order valence-electron chi connectivity index (χ1n) is 6.81. The van der Waals surface area contributed by atoms with Gasteiger partial charge in [0.15, 0.2) is 0 Å². The first kappa shape index (κ1) is 16.3. The Kier molecular flexibility index (Phi) is 5.82. The molecule has 3 N–H and O–H groups in total. The highest BCUT2D eigenvalue weighted by atomic mass is 16.5. The van der Waals surface area contributed by atoms with E-state index in [1.807, 2.05) is 39.8 Å². The van der Waals surface area contributed by atoms with Crippen LogP contribution in [0.4, 0.5) is 10.5 Å². The van der Waals surface area contributed by atoms with Crippen LogP contribution in [0.1, 0.15) is 32.8 Å². The van der Waals surface area contributed by atoms with Crippen molar-refractivity contribution in [2.24, 2.45) is 0 Å². The molecule has 0 fully saturated rings. The molecule has 0 spiro atoms. The van der Waals surface area contributed by atoms with Gasteiger partial charge in [0, 0.05) is 17.8 Å². The number of carbonyl (C=O) groups is 1. The lowest BCUT2D eigenvalue weighted by Crippen LogP contribution is -2.46. The lowest BCUT2D eigenvalue weighted by atomic mass is 10.0. The molecule has 0 aromatic heterocycles. The Bertz CT molecular complexity index is 458. The van der Waals surface area contributed by atoms with Crippen molar-refractivity contribution in [1.82, 2.24) is 5.32 Å². The molecule has 0 atom stereocenters. The molecule has 112 valence electrons. The van der Waals surface area contributed by atoms with Crippen molar-refractivity contribution in [1.29, 1.82) is 0 Å². The van der Waals surface area contributed by atoms with Crippen molar-refractivity contribution in [3.05, 3.63) is 23.8 Å². The Labute approximate surface area is 120 Å². The van der Waals surface area contributed by atoms with Crippen LogP contribution in [0, 0.1) is 6.92 Å². The van der Waals surface area contributed by atoms with Crippen LogP contribution in [0.25, 0.3) is 0 Å². The maximum Gasteiger partial charge on any atom is 0.319 e. The van der Waals surface area contributed by atoms with Gasteiger partial charge in [0.25, 0.3) is 0 Å². The number of hydrogen-bond acceptors (Lipinski definition) is 3. The summed E-state index contributed by atoms with van der Waals surface area (Å²) in [5, 5.41) is 14.5. The van der Waals surface area contributed by atoms with Crippen molar-refractivity contribution in [3.8, 4) is 5.75 Å². The minimum atomic E-state index is -0.445. The third kappa shape index (κ3) is 5.09. The lowest BCUT2D eigenvalue weighted by Gasteiger charge is -2.25. The average Bonchev–Trinajstić information content (AvgIpc) is 2.31. The van der Waals surface area contributed by atoms with E-state index < -0.39 is 5.54 Å². The van der Waals surface area contributed by atoms with Crippen LogP contribution in [0.5, 0.6) is 5.75 Å². The number of anilines is 1. The van der Waals surface area contributed by atoms with E-state index in [1.165, 1.54) is 0 Å². The van der Waals surface area contributed by atoms with Crippen LogP contribution in [0.15, 0.2) is 18.2 Å².